The summed E-state index contributed by atoms with van der Waals surface area (Å²) in [6.07, 6.45) is 4.74. The Bertz CT molecular complexity index is 475. The van der Waals surface area contributed by atoms with E-state index >= 15 is 0 Å². The summed E-state index contributed by atoms with van der Waals surface area (Å²) in [4.78, 5) is 13.5. The van der Waals surface area contributed by atoms with E-state index < -0.39 is 0 Å². The normalized spacial score (nSPS) is 14.6. The standard InChI is InChI=1S/C14H15NO4/c1-2-8-18-12-4-3-5-13(11-12)19-14(16)15-6-9-17-10-7-15/h1,3-5,11H,6-10H2. The number of ether oxygens (including phenoxy) is 3. The van der Waals surface area contributed by atoms with Crippen molar-refractivity contribution in [2.45, 2.75) is 0 Å². The molecule has 1 aliphatic heterocycles. The monoisotopic (exact) mass is 261 g/mol. The molecule has 0 bridgehead atoms. The van der Waals surface area contributed by atoms with Crippen LogP contribution in [0.4, 0.5) is 4.79 Å². The predicted octanol–water partition coefficient (Wildman–Crippen LogP) is 1.53. The molecule has 0 aromatic heterocycles. The zero-order valence-corrected chi connectivity index (χ0v) is 10.5. The van der Waals surface area contributed by atoms with E-state index in [1.165, 1.54) is 0 Å². The minimum atomic E-state index is -0.377. The lowest BCUT2D eigenvalue weighted by Crippen LogP contribution is -2.42. The quantitative estimate of drug-likeness (QED) is 0.774. The minimum Gasteiger partial charge on any atom is -0.481 e. The predicted molar refractivity (Wildman–Crippen MR) is 69.2 cm³/mol. The van der Waals surface area contributed by atoms with Gasteiger partial charge in [0.1, 0.15) is 18.1 Å². The van der Waals surface area contributed by atoms with E-state index in [0.717, 1.165) is 0 Å². The topological polar surface area (TPSA) is 48.0 Å². The van der Waals surface area contributed by atoms with Crippen LogP contribution in [0.5, 0.6) is 11.5 Å². The number of nitrogens with zero attached hydrogens (tertiary/aromatic N) is 1. The summed E-state index contributed by atoms with van der Waals surface area (Å²) in [7, 11) is 0. The minimum absolute atomic E-state index is 0.181. The van der Waals surface area contributed by atoms with Gasteiger partial charge < -0.3 is 19.1 Å². The number of hydrogen-bond donors (Lipinski definition) is 0. The van der Waals surface area contributed by atoms with Gasteiger partial charge in [0.25, 0.3) is 0 Å². The Morgan fingerprint density at radius 3 is 2.84 bits per heavy atom. The van der Waals surface area contributed by atoms with Gasteiger partial charge in [-0.15, -0.1) is 6.42 Å². The van der Waals surface area contributed by atoms with Crippen molar-refractivity contribution in [1.82, 2.24) is 4.90 Å². The van der Waals surface area contributed by atoms with Crippen molar-refractivity contribution in [3.05, 3.63) is 24.3 Å². The molecule has 19 heavy (non-hydrogen) atoms. The Morgan fingerprint density at radius 1 is 1.37 bits per heavy atom. The third kappa shape index (κ3) is 3.90. The van der Waals surface area contributed by atoms with Gasteiger partial charge >= 0.3 is 6.09 Å². The molecule has 1 fully saturated rings. The number of benzene rings is 1. The number of carbonyl (C=O) groups is 1. The highest BCUT2D eigenvalue weighted by Crippen LogP contribution is 2.20. The molecule has 1 saturated heterocycles. The lowest BCUT2D eigenvalue weighted by molar-refractivity contribution is 0.0416. The summed E-state index contributed by atoms with van der Waals surface area (Å²) in [6, 6.07) is 6.83. The van der Waals surface area contributed by atoms with Crippen LogP contribution in [0.3, 0.4) is 0 Å². The second-order valence-corrected chi connectivity index (χ2v) is 3.94. The molecule has 5 heteroatoms. The van der Waals surface area contributed by atoms with Crippen LogP contribution < -0.4 is 9.47 Å². The molecule has 0 aliphatic carbocycles. The highest BCUT2D eigenvalue weighted by Gasteiger charge is 2.18. The molecule has 5 nitrogen and oxygen atoms in total. The Kier molecular flexibility index (Phi) is 4.65. The summed E-state index contributed by atoms with van der Waals surface area (Å²) < 4.78 is 15.7. The zero-order valence-electron chi connectivity index (χ0n) is 10.5. The molecule has 1 aliphatic rings. The van der Waals surface area contributed by atoms with Gasteiger partial charge in [-0.3, -0.25) is 0 Å². The number of hydrogen-bond acceptors (Lipinski definition) is 4. The maximum atomic E-state index is 11.9. The van der Waals surface area contributed by atoms with E-state index in [0.29, 0.717) is 37.8 Å². The maximum Gasteiger partial charge on any atom is 0.415 e. The van der Waals surface area contributed by atoms with Gasteiger partial charge in [0.15, 0.2) is 0 Å². The zero-order chi connectivity index (χ0) is 13.5. The van der Waals surface area contributed by atoms with Crippen LogP contribution in [0.1, 0.15) is 0 Å². The van der Waals surface area contributed by atoms with Gasteiger partial charge in [-0.25, -0.2) is 4.79 Å². The van der Waals surface area contributed by atoms with Crippen LogP contribution in [0, 0.1) is 12.3 Å². The largest absolute Gasteiger partial charge is 0.481 e. The fourth-order valence-corrected chi connectivity index (χ4v) is 1.66. The summed E-state index contributed by atoms with van der Waals surface area (Å²) in [5.74, 6) is 3.39. The van der Waals surface area contributed by atoms with Crippen molar-refractivity contribution in [2.24, 2.45) is 0 Å². The number of morpholine rings is 1. The first kappa shape index (κ1) is 13.2. The SMILES string of the molecule is C#CCOc1cccc(OC(=O)N2CCOCC2)c1. The molecule has 1 aromatic carbocycles. The van der Waals surface area contributed by atoms with Gasteiger partial charge in [0, 0.05) is 19.2 Å². The average molecular weight is 261 g/mol. The van der Waals surface area contributed by atoms with E-state index in [1.807, 2.05) is 0 Å². The molecular formula is C14H15NO4. The fourth-order valence-electron chi connectivity index (χ4n) is 1.66. The Hall–Kier alpha value is -2.19. The third-order valence-electron chi connectivity index (χ3n) is 2.60. The maximum absolute atomic E-state index is 11.9. The highest BCUT2D eigenvalue weighted by atomic mass is 16.6. The number of rotatable bonds is 3. The summed E-state index contributed by atoms with van der Waals surface area (Å²) in [6.45, 7) is 2.36. The molecule has 1 aromatic rings. The second-order valence-electron chi connectivity index (χ2n) is 3.94. The summed E-state index contributed by atoms with van der Waals surface area (Å²) in [5.41, 5.74) is 0. The van der Waals surface area contributed by atoms with Crippen LogP contribution in [0.15, 0.2) is 24.3 Å². The van der Waals surface area contributed by atoms with E-state index in [4.69, 9.17) is 20.6 Å². The molecule has 100 valence electrons. The third-order valence-corrected chi connectivity index (χ3v) is 2.60. The van der Waals surface area contributed by atoms with Gasteiger partial charge in [-0.05, 0) is 12.1 Å². The van der Waals surface area contributed by atoms with Gasteiger partial charge in [-0.2, -0.15) is 0 Å². The number of carbonyl (C=O) groups excluding carboxylic acids is 1. The van der Waals surface area contributed by atoms with Crippen LogP contribution in [-0.4, -0.2) is 43.9 Å². The molecular weight excluding hydrogens is 246 g/mol. The van der Waals surface area contributed by atoms with Crippen molar-refractivity contribution < 1.29 is 19.0 Å². The first-order valence-corrected chi connectivity index (χ1v) is 6.00. The first-order chi connectivity index (χ1) is 9.29. The van der Waals surface area contributed by atoms with Crippen LogP contribution >= 0.6 is 0 Å². The molecule has 0 radical (unpaired) electrons. The second kappa shape index (κ2) is 6.66. The average Bonchev–Trinajstić information content (AvgIpc) is 2.46. The fraction of sp³-hybridized carbons (Fsp3) is 0.357. The lowest BCUT2D eigenvalue weighted by Gasteiger charge is -2.25. The van der Waals surface area contributed by atoms with Gasteiger partial charge in [0.2, 0.25) is 0 Å². The molecule has 0 atom stereocenters. The first-order valence-electron chi connectivity index (χ1n) is 6.00. The summed E-state index contributed by atoms with van der Waals surface area (Å²) >= 11 is 0. The van der Waals surface area contributed by atoms with Crippen molar-refractivity contribution in [1.29, 1.82) is 0 Å². The molecule has 0 saturated carbocycles. The van der Waals surface area contributed by atoms with Crippen LogP contribution in [0.25, 0.3) is 0 Å². The Labute approximate surface area is 112 Å². The number of amides is 1. The lowest BCUT2D eigenvalue weighted by atomic mass is 10.3. The van der Waals surface area contributed by atoms with Crippen molar-refractivity contribution in [3.63, 3.8) is 0 Å². The number of terminal acetylenes is 1. The molecule has 1 heterocycles. The Balaban J connectivity index is 1.94. The van der Waals surface area contributed by atoms with E-state index in [1.54, 1.807) is 29.2 Å². The van der Waals surface area contributed by atoms with Gasteiger partial charge in [-0.1, -0.05) is 12.0 Å². The highest BCUT2D eigenvalue weighted by molar-refractivity contribution is 5.70. The van der Waals surface area contributed by atoms with E-state index in [2.05, 4.69) is 5.92 Å². The molecule has 0 unspecified atom stereocenters. The Morgan fingerprint density at radius 2 is 2.11 bits per heavy atom. The summed E-state index contributed by atoms with van der Waals surface area (Å²) in [5, 5.41) is 0. The van der Waals surface area contributed by atoms with Gasteiger partial charge in [0.05, 0.1) is 13.2 Å². The van der Waals surface area contributed by atoms with Crippen molar-refractivity contribution in [3.8, 4) is 23.8 Å². The van der Waals surface area contributed by atoms with E-state index in [9.17, 15) is 4.79 Å². The smallest absolute Gasteiger partial charge is 0.415 e. The molecule has 0 N–H and O–H groups in total. The molecule has 2 rings (SSSR count). The van der Waals surface area contributed by atoms with Crippen molar-refractivity contribution in [2.75, 3.05) is 32.9 Å². The van der Waals surface area contributed by atoms with E-state index in [-0.39, 0.29) is 12.7 Å². The van der Waals surface area contributed by atoms with Crippen LogP contribution in [0.2, 0.25) is 0 Å². The van der Waals surface area contributed by atoms with Crippen LogP contribution in [-0.2, 0) is 4.74 Å². The van der Waals surface area contributed by atoms with Crippen molar-refractivity contribution >= 4 is 6.09 Å². The molecule has 0 spiro atoms. The molecule has 1 amide bonds.